The molecule has 0 fully saturated rings. The molecule has 7 nitrogen and oxygen atoms in total. The van der Waals surface area contributed by atoms with E-state index in [-0.39, 0.29) is 18.4 Å². The number of rotatable bonds is 8. The third-order valence-corrected chi connectivity index (χ3v) is 5.27. The quantitative estimate of drug-likeness (QED) is 0.335. The molecule has 0 aromatic heterocycles. The minimum Gasteiger partial charge on any atom is -0.493 e. The van der Waals surface area contributed by atoms with Crippen LogP contribution in [0.1, 0.15) is 27.0 Å². The molecule has 8 heteroatoms. The van der Waals surface area contributed by atoms with E-state index in [1.165, 1.54) is 13.3 Å². The summed E-state index contributed by atoms with van der Waals surface area (Å²) in [6.07, 6.45) is 1.49. The molecule has 0 spiro atoms. The molecular weight excluding hydrogens is 486 g/mol. The molecule has 0 radical (unpaired) electrons. The Morgan fingerprint density at radius 1 is 1.06 bits per heavy atom. The van der Waals surface area contributed by atoms with Crippen molar-refractivity contribution in [1.82, 2.24) is 5.43 Å². The van der Waals surface area contributed by atoms with Crippen LogP contribution in [0.15, 0.2) is 70.2 Å². The second kappa shape index (κ2) is 11.3. The van der Waals surface area contributed by atoms with Crippen molar-refractivity contribution in [3.63, 3.8) is 0 Å². The number of carbonyl (C=O) groups excluding carboxylic acids is 2. The molecule has 3 aromatic rings. The molecule has 0 saturated carbocycles. The predicted molar refractivity (Wildman–Crippen MR) is 132 cm³/mol. The van der Waals surface area contributed by atoms with Gasteiger partial charge in [0.15, 0.2) is 18.1 Å². The summed E-state index contributed by atoms with van der Waals surface area (Å²) in [5.41, 5.74) is 6.43. The zero-order chi connectivity index (χ0) is 23.8. The van der Waals surface area contributed by atoms with Gasteiger partial charge in [-0.3, -0.25) is 9.59 Å². The van der Waals surface area contributed by atoms with Gasteiger partial charge >= 0.3 is 0 Å². The fourth-order valence-electron chi connectivity index (χ4n) is 2.97. The summed E-state index contributed by atoms with van der Waals surface area (Å²) in [4.78, 5) is 24.5. The van der Waals surface area contributed by atoms with Gasteiger partial charge in [0.2, 0.25) is 0 Å². The van der Waals surface area contributed by atoms with E-state index in [1.54, 1.807) is 36.4 Å². The van der Waals surface area contributed by atoms with Gasteiger partial charge in [-0.15, -0.1) is 0 Å². The number of ether oxygens (including phenoxy) is 2. The van der Waals surface area contributed by atoms with Crippen LogP contribution in [0.3, 0.4) is 0 Å². The Hall–Kier alpha value is -3.65. The van der Waals surface area contributed by atoms with Crippen LogP contribution >= 0.6 is 15.9 Å². The van der Waals surface area contributed by atoms with E-state index in [0.717, 1.165) is 16.8 Å². The van der Waals surface area contributed by atoms with Gasteiger partial charge in [0.05, 0.1) is 17.8 Å². The van der Waals surface area contributed by atoms with Gasteiger partial charge in [-0.2, -0.15) is 5.10 Å². The van der Waals surface area contributed by atoms with E-state index in [4.69, 9.17) is 9.47 Å². The Morgan fingerprint density at radius 3 is 2.55 bits per heavy atom. The second-order valence-electron chi connectivity index (χ2n) is 7.25. The monoisotopic (exact) mass is 509 g/mol. The number of hydrogen-bond donors (Lipinski definition) is 2. The zero-order valence-electron chi connectivity index (χ0n) is 18.5. The first kappa shape index (κ1) is 24.0. The summed E-state index contributed by atoms with van der Waals surface area (Å²) in [6, 6.07) is 18.1. The van der Waals surface area contributed by atoms with E-state index in [0.29, 0.717) is 27.1 Å². The van der Waals surface area contributed by atoms with Crippen molar-refractivity contribution in [2.24, 2.45) is 5.10 Å². The SMILES string of the molecule is COc1cc(/C=N/NC(=O)c2ccccc2)cc(Br)c1OCC(=O)Nc1cc(C)ccc1C. The van der Waals surface area contributed by atoms with Gasteiger partial charge in [-0.1, -0.05) is 30.3 Å². The molecule has 0 heterocycles. The Kier molecular flexibility index (Phi) is 8.21. The molecule has 0 unspecified atom stereocenters. The molecule has 0 atom stereocenters. The first-order chi connectivity index (χ1) is 15.9. The molecule has 0 aliphatic carbocycles. The van der Waals surface area contributed by atoms with Crippen LogP contribution in [0, 0.1) is 13.8 Å². The number of carbonyl (C=O) groups is 2. The van der Waals surface area contributed by atoms with Gasteiger partial charge in [0, 0.05) is 11.3 Å². The standard InChI is InChI=1S/C25H24BrN3O4/c1-16-9-10-17(2)21(11-16)28-23(30)15-33-24-20(26)12-18(13-22(24)32-3)14-27-29-25(31)19-7-5-4-6-8-19/h4-14H,15H2,1-3H3,(H,28,30)(H,29,31)/b27-14+. The van der Waals surface area contributed by atoms with Gasteiger partial charge in [-0.05, 0) is 76.8 Å². The minimum atomic E-state index is -0.312. The number of aryl methyl sites for hydroxylation is 2. The first-order valence-corrected chi connectivity index (χ1v) is 10.9. The Morgan fingerprint density at radius 2 is 1.82 bits per heavy atom. The lowest BCUT2D eigenvalue weighted by Gasteiger charge is -2.14. The number of anilines is 1. The molecule has 0 saturated heterocycles. The number of hydrazone groups is 1. The van der Waals surface area contributed by atoms with Gasteiger partial charge in [0.25, 0.3) is 11.8 Å². The molecule has 3 rings (SSSR count). The summed E-state index contributed by atoms with van der Waals surface area (Å²) >= 11 is 3.45. The number of nitrogens with one attached hydrogen (secondary N) is 2. The molecular formula is C25H24BrN3O4. The number of hydrogen-bond acceptors (Lipinski definition) is 5. The van der Waals surface area contributed by atoms with Crippen LogP contribution in [0.5, 0.6) is 11.5 Å². The smallest absolute Gasteiger partial charge is 0.271 e. The Balaban J connectivity index is 1.64. The van der Waals surface area contributed by atoms with Crippen molar-refractivity contribution >= 4 is 39.6 Å². The molecule has 0 bridgehead atoms. The molecule has 2 amide bonds. The molecule has 3 aromatic carbocycles. The lowest BCUT2D eigenvalue weighted by atomic mass is 10.1. The lowest BCUT2D eigenvalue weighted by Crippen LogP contribution is -2.21. The topological polar surface area (TPSA) is 89.0 Å². The highest BCUT2D eigenvalue weighted by molar-refractivity contribution is 9.10. The summed E-state index contributed by atoms with van der Waals surface area (Å²) in [5.74, 6) is 0.207. The Labute approximate surface area is 200 Å². The number of nitrogens with zero attached hydrogens (tertiary/aromatic N) is 1. The average molecular weight is 510 g/mol. The van der Waals surface area contributed by atoms with Crippen molar-refractivity contribution in [3.8, 4) is 11.5 Å². The van der Waals surface area contributed by atoms with E-state index in [1.807, 2.05) is 38.1 Å². The number of benzene rings is 3. The second-order valence-corrected chi connectivity index (χ2v) is 8.11. The van der Waals surface area contributed by atoms with E-state index < -0.39 is 0 Å². The third kappa shape index (κ3) is 6.66. The lowest BCUT2D eigenvalue weighted by molar-refractivity contribution is -0.118. The minimum absolute atomic E-state index is 0.192. The molecule has 170 valence electrons. The highest BCUT2D eigenvalue weighted by Gasteiger charge is 2.14. The normalized spacial score (nSPS) is 10.7. The van der Waals surface area contributed by atoms with Gasteiger partial charge in [-0.25, -0.2) is 5.43 Å². The van der Waals surface area contributed by atoms with Gasteiger partial charge < -0.3 is 14.8 Å². The van der Waals surface area contributed by atoms with Crippen molar-refractivity contribution in [3.05, 3.63) is 87.4 Å². The molecule has 33 heavy (non-hydrogen) atoms. The molecule has 0 aliphatic rings. The van der Waals surface area contributed by atoms with Gasteiger partial charge in [0.1, 0.15) is 0 Å². The molecule has 2 N–H and O–H groups in total. The van der Waals surface area contributed by atoms with E-state index in [9.17, 15) is 9.59 Å². The Bertz CT molecular complexity index is 1180. The summed E-state index contributed by atoms with van der Waals surface area (Å²) < 4.78 is 11.7. The van der Waals surface area contributed by atoms with Crippen molar-refractivity contribution in [1.29, 1.82) is 0 Å². The number of methoxy groups -OCH3 is 1. The van der Waals surface area contributed by atoms with Crippen molar-refractivity contribution < 1.29 is 19.1 Å². The van der Waals surface area contributed by atoms with Crippen molar-refractivity contribution in [2.45, 2.75) is 13.8 Å². The van der Waals surface area contributed by atoms with Crippen LogP contribution in [0.25, 0.3) is 0 Å². The zero-order valence-corrected chi connectivity index (χ0v) is 20.1. The first-order valence-electron chi connectivity index (χ1n) is 10.1. The third-order valence-electron chi connectivity index (χ3n) is 4.68. The van der Waals surface area contributed by atoms with Crippen LogP contribution < -0.4 is 20.2 Å². The summed E-state index contributed by atoms with van der Waals surface area (Å²) in [7, 11) is 1.50. The summed E-state index contributed by atoms with van der Waals surface area (Å²) in [5, 5.41) is 6.85. The maximum atomic E-state index is 12.4. The number of amides is 2. The fourth-order valence-corrected chi connectivity index (χ4v) is 3.54. The van der Waals surface area contributed by atoms with Crippen LogP contribution in [-0.2, 0) is 4.79 Å². The average Bonchev–Trinajstić information content (AvgIpc) is 2.81. The summed E-state index contributed by atoms with van der Waals surface area (Å²) in [6.45, 7) is 3.70. The maximum Gasteiger partial charge on any atom is 0.271 e. The maximum absolute atomic E-state index is 12.4. The largest absolute Gasteiger partial charge is 0.493 e. The number of halogens is 1. The van der Waals surface area contributed by atoms with E-state index in [2.05, 4.69) is 31.8 Å². The highest BCUT2D eigenvalue weighted by Crippen LogP contribution is 2.36. The van der Waals surface area contributed by atoms with Crippen LogP contribution in [-0.4, -0.2) is 31.7 Å². The molecule has 0 aliphatic heterocycles. The highest BCUT2D eigenvalue weighted by atomic mass is 79.9. The van der Waals surface area contributed by atoms with Crippen LogP contribution in [0.4, 0.5) is 5.69 Å². The fraction of sp³-hybridized carbons (Fsp3) is 0.160. The predicted octanol–water partition coefficient (Wildman–Crippen LogP) is 4.86. The van der Waals surface area contributed by atoms with E-state index >= 15 is 0 Å². The van der Waals surface area contributed by atoms with Crippen molar-refractivity contribution in [2.75, 3.05) is 19.0 Å². The van der Waals surface area contributed by atoms with Crippen LogP contribution in [0.2, 0.25) is 0 Å².